The number of amides is 1. The van der Waals surface area contributed by atoms with Crippen molar-refractivity contribution in [2.75, 3.05) is 0 Å². The highest BCUT2D eigenvalue weighted by molar-refractivity contribution is 5.95. The molecule has 0 aliphatic rings. The number of rotatable bonds is 4. The monoisotopic (exact) mass is 266 g/mol. The van der Waals surface area contributed by atoms with E-state index in [1.165, 1.54) is 0 Å². The van der Waals surface area contributed by atoms with Gasteiger partial charge in [-0.05, 0) is 38.8 Å². The van der Waals surface area contributed by atoms with Crippen molar-refractivity contribution >= 4 is 11.9 Å². The van der Waals surface area contributed by atoms with Crippen molar-refractivity contribution in [1.29, 1.82) is 0 Å². The Kier molecular flexibility index (Phi) is 4.75. The van der Waals surface area contributed by atoms with Crippen LogP contribution in [0.2, 0.25) is 0 Å². The number of esters is 1. The van der Waals surface area contributed by atoms with Crippen LogP contribution in [-0.4, -0.2) is 28.5 Å². The Labute approximate surface area is 113 Å². The number of aromatic nitrogens is 1. The van der Waals surface area contributed by atoms with E-state index in [-0.39, 0.29) is 11.8 Å². The molecule has 0 spiro atoms. The minimum absolute atomic E-state index is 0.0474. The molecule has 5 nitrogen and oxygen atoms in total. The molecule has 1 atom stereocenters. The largest absolute Gasteiger partial charge is 0.458 e. The zero-order valence-corrected chi connectivity index (χ0v) is 12.1. The van der Waals surface area contributed by atoms with Gasteiger partial charge in [-0.15, -0.1) is 0 Å². The Morgan fingerprint density at radius 1 is 1.32 bits per heavy atom. The first kappa shape index (κ1) is 15.3. The van der Waals surface area contributed by atoms with E-state index in [0.29, 0.717) is 5.69 Å². The minimum atomic E-state index is -0.657. The van der Waals surface area contributed by atoms with Crippen LogP contribution in [0.15, 0.2) is 18.3 Å². The summed E-state index contributed by atoms with van der Waals surface area (Å²) in [6.45, 7) is 9.13. The molecule has 1 amide bonds. The zero-order valence-electron chi connectivity index (χ0n) is 12.1. The fourth-order valence-corrected chi connectivity index (χ4v) is 1.55. The van der Waals surface area contributed by atoms with E-state index >= 15 is 0 Å². The first-order chi connectivity index (χ1) is 8.70. The number of hydrogen-bond acceptors (Lipinski definition) is 3. The molecule has 106 valence electrons. The molecule has 5 heteroatoms. The van der Waals surface area contributed by atoms with Crippen LogP contribution >= 0.6 is 0 Å². The quantitative estimate of drug-likeness (QED) is 0.820. The van der Waals surface area contributed by atoms with Gasteiger partial charge in [-0.2, -0.15) is 0 Å². The number of carbonyl (C=O) groups excluding carboxylic acids is 2. The predicted molar refractivity (Wildman–Crippen MR) is 72.7 cm³/mol. The summed E-state index contributed by atoms with van der Waals surface area (Å²) in [7, 11) is 0. The van der Waals surface area contributed by atoms with Crippen molar-refractivity contribution in [2.24, 2.45) is 5.92 Å². The Morgan fingerprint density at radius 2 is 1.95 bits per heavy atom. The summed E-state index contributed by atoms with van der Waals surface area (Å²) in [6.07, 6.45) is 1.66. The molecule has 1 aromatic rings. The van der Waals surface area contributed by atoms with E-state index < -0.39 is 17.6 Å². The van der Waals surface area contributed by atoms with Crippen molar-refractivity contribution in [1.82, 2.24) is 10.3 Å². The minimum Gasteiger partial charge on any atom is -0.458 e. The van der Waals surface area contributed by atoms with Gasteiger partial charge in [-0.3, -0.25) is 4.79 Å². The van der Waals surface area contributed by atoms with E-state index in [9.17, 15) is 9.59 Å². The first-order valence-electron chi connectivity index (χ1n) is 6.38. The second-order valence-electron chi connectivity index (χ2n) is 5.81. The number of nitrogens with one attached hydrogen (secondary N) is 2. The van der Waals surface area contributed by atoms with E-state index in [0.717, 1.165) is 0 Å². The first-order valence-corrected chi connectivity index (χ1v) is 6.38. The molecule has 0 radical (unpaired) electrons. The van der Waals surface area contributed by atoms with Crippen molar-refractivity contribution in [2.45, 2.75) is 46.3 Å². The number of carbonyl (C=O) groups is 2. The Morgan fingerprint density at radius 3 is 2.37 bits per heavy atom. The molecule has 0 fully saturated rings. The summed E-state index contributed by atoms with van der Waals surface area (Å²) in [6, 6.07) is 2.73. The molecule has 0 unspecified atom stereocenters. The van der Waals surface area contributed by atoms with E-state index in [1.807, 2.05) is 13.8 Å². The normalized spacial score (nSPS) is 13.2. The second kappa shape index (κ2) is 5.91. The van der Waals surface area contributed by atoms with E-state index in [4.69, 9.17) is 4.74 Å². The summed E-state index contributed by atoms with van der Waals surface area (Å²) >= 11 is 0. The van der Waals surface area contributed by atoms with Crippen molar-refractivity contribution in [3.63, 3.8) is 0 Å². The fraction of sp³-hybridized carbons (Fsp3) is 0.571. The molecule has 1 rings (SSSR count). The van der Waals surface area contributed by atoms with Gasteiger partial charge in [0.25, 0.3) is 5.91 Å². The van der Waals surface area contributed by atoms with Gasteiger partial charge >= 0.3 is 5.97 Å². The number of aromatic amines is 1. The second-order valence-corrected chi connectivity index (χ2v) is 5.81. The lowest BCUT2D eigenvalue weighted by molar-refractivity contribution is -0.158. The molecule has 19 heavy (non-hydrogen) atoms. The maximum Gasteiger partial charge on any atom is 0.329 e. The molecular formula is C14H22N2O3. The van der Waals surface area contributed by atoms with Gasteiger partial charge in [0, 0.05) is 6.20 Å². The predicted octanol–water partition coefficient (Wildman–Crippen LogP) is 2.11. The van der Waals surface area contributed by atoms with E-state index in [1.54, 1.807) is 39.1 Å². The van der Waals surface area contributed by atoms with Crippen LogP contribution in [0.25, 0.3) is 0 Å². The van der Waals surface area contributed by atoms with Gasteiger partial charge in [0.2, 0.25) is 0 Å². The number of H-pyrrole nitrogens is 1. The summed E-state index contributed by atoms with van der Waals surface area (Å²) in [4.78, 5) is 26.8. The molecule has 0 saturated carbocycles. The maximum atomic E-state index is 12.1. The van der Waals surface area contributed by atoms with Crippen molar-refractivity contribution in [3.05, 3.63) is 24.0 Å². The number of ether oxygens (including phenoxy) is 1. The molecule has 0 bridgehead atoms. The molecule has 1 aromatic heterocycles. The van der Waals surface area contributed by atoms with Gasteiger partial charge in [0.05, 0.1) is 0 Å². The summed E-state index contributed by atoms with van der Waals surface area (Å²) in [5, 5.41) is 2.70. The van der Waals surface area contributed by atoms with Gasteiger partial charge < -0.3 is 15.0 Å². The van der Waals surface area contributed by atoms with Crippen LogP contribution in [0, 0.1) is 5.92 Å². The molecule has 1 heterocycles. The van der Waals surface area contributed by atoms with Crippen LogP contribution < -0.4 is 5.32 Å². The highest BCUT2D eigenvalue weighted by Gasteiger charge is 2.29. The van der Waals surface area contributed by atoms with Crippen molar-refractivity contribution in [3.8, 4) is 0 Å². The average molecular weight is 266 g/mol. The SMILES string of the molecule is CC(C)[C@@H](NC(=O)c1ccc[nH]1)C(=O)OC(C)(C)C. The lowest BCUT2D eigenvalue weighted by Gasteiger charge is -2.26. The maximum absolute atomic E-state index is 12.1. The third kappa shape index (κ3) is 4.77. The molecule has 2 N–H and O–H groups in total. The standard InChI is InChI=1S/C14H22N2O3/c1-9(2)11(13(18)19-14(3,4)5)16-12(17)10-7-6-8-15-10/h6-9,11,15H,1-5H3,(H,16,17)/t11-/m1/s1. The topological polar surface area (TPSA) is 71.2 Å². The third-order valence-corrected chi connectivity index (χ3v) is 2.46. The van der Waals surface area contributed by atoms with Crippen LogP contribution in [0.3, 0.4) is 0 Å². The Balaban J connectivity index is 2.73. The lowest BCUT2D eigenvalue weighted by Crippen LogP contribution is -2.47. The van der Waals surface area contributed by atoms with Gasteiger partial charge in [-0.1, -0.05) is 13.8 Å². The third-order valence-electron chi connectivity index (χ3n) is 2.46. The average Bonchev–Trinajstić information content (AvgIpc) is 2.75. The zero-order chi connectivity index (χ0) is 14.6. The van der Waals surface area contributed by atoms with Crippen LogP contribution in [0.4, 0.5) is 0 Å². The van der Waals surface area contributed by atoms with Crippen LogP contribution in [0.5, 0.6) is 0 Å². The molecule has 0 saturated heterocycles. The molecule has 0 aromatic carbocycles. The Bertz CT molecular complexity index is 430. The smallest absolute Gasteiger partial charge is 0.329 e. The van der Waals surface area contributed by atoms with Gasteiger partial charge in [0.15, 0.2) is 0 Å². The molecular weight excluding hydrogens is 244 g/mol. The molecule has 0 aliphatic heterocycles. The Hall–Kier alpha value is -1.78. The number of hydrogen-bond donors (Lipinski definition) is 2. The lowest BCUT2D eigenvalue weighted by atomic mass is 10.0. The summed E-state index contributed by atoms with van der Waals surface area (Å²) in [5.74, 6) is -0.772. The highest BCUT2D eigenvalue weighted by atomic mass is 16.6. The van der Waals surface area contributed by atoms with Crippen molar-refractivity contribution < 1.29 is 14.3 Å². The summed E-state index contributed by atoms with van der Waals surface area (Å²) in [5.41, 5.74) is -0.143. The van der Waals surface area contributed by atoms with Crippen LogP contribution in [-0.2, 0) is 9.53 Å². The van der Waals surface area contributed by atoms with Crippen LogP contribution in [0.1, 0.15) is 45.1 Å². The highest BCUT2D eigenvalue weighted by Crippen LogP contribution is 2.12. The van der Waals surface area contributed by atoms with E-state index in [2.05, 4.69) is 10.3 Å². The molecule has 0 aliphatic carbocycles. The summed E-state index contributed by atoms with van der Waals surface area (Å²) < 4.78 is 5.32. The van der Waals surface area contributed by atoms with Gasteiger partial charge in [-0.25, -0.2) is 4.79 Å². The van der Waals surface area contributed by atoms with Gasteiger partial charge in [0.1, 0.15) is 17.3 Å². The fourth-order valence-electron chi connectivity index (χ4n) is 1.55.